The fourth-order valence-corrected chi connectivity index (χ4v) is 1.93. The third kappa shape index (κ3) is 1.10. The first-order chi connectivity index (χ1) is 4.97. The Hall–Kier alpha value is -0.300. The second-order valence-corrected chi connectivity index (χ2v) is 3.24. The van der Waals surface area contributed by atoms with Gasteiger partial charge in [0.05, 0.1) is 6.10 Å². The minimum atomic E-state index is 0.475. The van der Waals surface area contributed by atoms with Crippen molar-refractivity contribution in [2.45, 2.75) is 31.8 Å². The van der Waals surface area contributed by atoms with Crippen molar-refractivity contribution in [2.24, 2.45) is 5.92 Å². The maximum atomic E-state index is 5.60. The van der Waals surface area contributed by atoms with Crippen LogP contribution in [0.5, 0.6) is 0 Å². The molecule has 0 aromatic carbocycles. The molecule has 2 atom stereocenters. The topological polar surface area (TPSA) is 9.23 Å². The molecule has 1 aliphatic carbocycles. The predicted octanol–water partition coefficient (Wildman–Crippen LogP) is 2.13. The van der Waals surface area contributed by atoms with E-state index in [1.54, 1.807) is 0 Å². The highest BCUT2D eigenvalue weighted by Crippen LogP contribution is 2.29. The number of fused-ring (bicyclic) bond motifs is 1. The van der Waals surface area contributed by atoms with E-state index in [0.29, 0.717) is 6.10 Å². The van der Waals surface area contributed by atoms with E-state index in [4.69, 9.17) is 4.74 Å². The van der Waals surface area contributed by atoms with Crippen LogP contribution in [0.2, 0.25) is 0 Å². The van der Waals surface area contributed by atoms with Gasteiger partial charge in [0, 0.05) is 6.61 Å². The Morgan fingerprint density at radius 2 is 2.30 bits per heavy atom. The molecule has 10 heavy (non-hydrogen) atoms. The molecule has 1 saturated heterocycles. The Bertz CT molecular complexity index is 140. The number of hydrogen-bond donors (Lipinski definition) is 0. The Morgan fingerprint density at radius 1 is 1.30 bits per heavy atom. The van der Waals surface area contributed by atoms with E-state index in [2.05, 4.69) is 12.2 Å². The molecule has 2 unspecified atom stereocenters. The molecule has 0 saturated carbocycles. The van der Waals surface area contributed by atoms with Crippen LogP contribution in [0.4, 0.5) is 0 Å². The lowest BCUT2D eigenvalue weighted by Crippen LogP contribution is -2.29. The second-order valence-electron chi connectivity index (χ2n) is 3.24. The maximum absolute atomic E-state index is 5.60. The Morgan fingerprint density at radius 3 is 3.20 bits per heavy atom. The summed E-state index contributed by atoms with van der Waals surface area (Å²) in [5, 5.41) is 0. The highest BCUT2D eigenvalue weighted by molar-refractivity contribution is 4.99. The summed E-state index contributed by atoms with van der Waals surface area (Å²) < 4.78 is 5.60. The van der Waals surface area contributed by atoms with Crippen molar-refractivity contribution in [3.63, 3.8) is 0 Å². The van der Waals surface area contributed by atoms with Crippen molar-refractivity contribution in [3.05, 3.63) is 12.2 Å². The van der Waals surface area contributed by atoms with Gasteiger partial charge in [-0.05, 0) is 31.6 Å². The third-order valence-electron chi connectivity index (χ3n) is 2.52. The molecule has 0 aromatic heterocycles. The molecular formula is C9H14O. The SMILES string of the molecule is C1=CC2OCCCC2CC1. The van der Waals surface area contributed by atoms with Crippen LogP contribution in [-0.2, 0) is 4.74 Å². The molecule has 0 spiro atoms. The monoisotopic (exact) mass is 138 g/mol. The first-order valence-electron chi connectivity index (χ1n) is 4.25. The zero-order chi connectivity index (χ0) is 6.81. The fraction of sp³-hybridized carbons (Fsp3) is 0.778. The average molecular weight is 138 g/mol. The highest BCUT2D eigenvalue weighted by Gasteiger charge is 2.24. The van der Waals surface area contributed by atoms with Crippen LogP contribution in [-0.4, -0.2) is 12.7 Å². The number of allylic oxidation sites excluding steroid dienone is 1. The smallest absolute Gasteiger partial charge is 0.0784 e. The van der Waals surface area contributed by atoms with E-state index < -0.39 is 0 Å². The molecule has 2 aliphatic rings. The number of hydrogen-bond acceptors (Lipinski definition) is 1. The summed E-state index contributed by atoms with van der Waals surface area (Å²) in [5.74, 6) is 0.846. The molecule has 0 radical (unpaired) electrons. The molecule has 0 aromatic rings. The van der Waals surface area contributed by atoms with Crippen molar-refractivity contribution < 1.29 is 4.74 Å². The maximum Gasteiger partial charge on any atom is 0.0784 e. The largest absolute Gasteiger partial charge is 0.374 e. The van der Waals surface area contributed by atoms with Gasteiger partial charge in [0.15, 0.2) is 0 Å². The van der Waals surface area contributed by atoms with Gasteiger partial charge in [0.1, 0.15) is 0 Å². The molecule has 56 valence electrons. The zero-order valence-corrected chi connectivity index (χ0v) is 6.25. The van der Waals surface area contributed by atoms with Gasteiger partial charge in [0.25, 0.3) is 0 Å². The molecule has 0 bridgehead atoms. The van der Waals surface area contributed by atoms with Crippen LogP contribution in [0.3, 0.4) is 0 Å². The van der Waals surface area contributed by atoms with E-state index in [9.17, 15) is 0 Å². The summed E-state index contributed by atoms with van der Waals surface area (Å²) in [6.45, 7) is 0.978. The van der Waals surface area contributed by atoms with Gasteiger partial charge < -0.3 is 4.74 Å². The van der Waals surface area contributed by atoms with Gasteiger partial charge in [-0.15, -0.1) is 0 Å². The summed E-state index contributed by atoms with van der Waals surface area (Å²) in [6.07, 6.45) is 10.2. The lowest BCUT2D eigenvalue weighted by Gasteiger charge is -2.31. The quantitative estimate of drug-likeness (QED) is 0.466. The second kappa shape index (κ2) is 2.75. The van der Waals surface area contributed by atoms with E-state index in [1.807, 2.05) is 0 Å². The first-order valence-corrected chi connectivity index (χ1v) is 4.25. The van der Waals surface area contributed by atoms with Crippen molar-refractivity contribution in [2.75, 3.05) is 6.61 Å². The molecule has 1 fully saturated rings. The number of rotatable bonds is 0. The van der Waals surface area contributed by atoms with Gasteiger partial charge in [-0.3, -0.25) is 0 Å². The molecule has 0 N–H and O–H groups in total. The predicted molar refractivity (Wildman–Crippen MR) is 40.8 cm³/mol. The van der Waals surface area contributed by atoms with Crippen molar-refractivity contribution in [1.29, 1.82) is 0 Å². The average Bonchev–Trinajstić information content (AvgIpc) is 2.05. The third-order valence-corrected chi connectivity index (χ3v) is 2.52. The van der Waals surface area contributed by atoms with Crippen LogP contribution in [0.15, 0.2) is 12.2 Å². The van der Waals surface area contributed by atoms with E-state index in [0.717, 1.165) is 12.5 Å². The van der Waals surface area contributed by atoms with Gasteiger partial charge >= 0.3 is 0 Å². The van der Waals surface area contributed by atoms with Crippen molar-refractivity contribution >= 4 is 0 Å². The molecule has 2 rings (SSSR count). The summed E-state index contributed by atoms with van der Waals surface area (Å²) in [5.41, 5.74) is 0. The molecule has 0 amide bonds. The highest BCUT2D eigenvalue weighted by atomic mass is 16.5. The standard InChI is InChI=1S/C9H14O/c1-2-6-9-8(4-1)5-3-7-10-9/h2,6,8-9H,1,3-5,7H2. The minimum Gasteiger partial charge on any atom is -0.374 e. The van der Waals surface area contributed by atoms with Crippen molar-refractivity contribution in [1.82, 2.24) is 0 Å². The Balaban J connectivity index is 2.03. The first kappa shape index (κ1) is 6.41. The fourth-order valence-electron chi connectivity index (χ4n) is 1.93. The minimum absolute atomic E-state index is 0.475. The van der Waals surface area contributed by atoms with Gasteiger partial charge in [-0.1, -0.05) is 12.2 Å². The lowest BCUT2D eigenvalue weighted by molar-refractivity contribution is -0.00244. The van der Waals surface area contributed by atoms with Crippen LogP contribution in [0.1, 0.15) is 25.7 Å². The Labute approximate surface area is 62.1 Å². The summed E-state index contributed by atoms with van der Waals surface area (Å²) in [6, 6.07) is 0. The summed E-state index contributed by atoms with van der Waals surface area (Å²) >= 11 is 0. The van der Waals surface area contributed by atoms with Crippen molar-refractivity contribution in [3.8, 4) is 0 Å². The van der Waals surface area contributed by atoms with Gasteiger partial charge in [0.2, 0.25) is 0 Å². The van der Waals surface area contributed by atoms with E-state index >= 15 is 0 Å². The molecule has 1 nitrogen and oxygen atoms in total. The van der Waals surface area contributed by atoms with Gasteiger partial charge in [-0.2, -0.15) is 0 Å². The molecule has 1 aliphatic heterocycles. The zero-order valence-electron chi connectivity index (χ0n) is 6.25. The Kier molecular flexibility index (Phi) is 1.76. The number of ether oxygens (including phenoxy) is 1. The van der Waals surface area contributed by atoms with Crippen LogP contribution in [0, 0.1) is 5.92 Å². The van der Waals surface area contributed by atoms with Crippen LogP contribution < -0.4 is 0 Å². The lowest BCUT2D eigenvalue weighted by atomic mass is 9.86. The van der Waals surface area contributed by atoms with E-state index in [1.165, 1.54) is 25.7 Å². The summed E-state index contributed by atoms with van der Waals surface area (Å²) in [7, 11) is 0. The molecule has 1 heterocycles. The summed E-state index contributed by atoms with van der Waals surface area (Å²) in [4.78, 5) is 0. The molecular weight excluding hydrogens is 124 g/mol. The van der Waals surface area contributed by atoms with Gasteiger partial charge in [-0.25, -0.2) is 0 Å². The normalized spacial score (nSPS) is 39.2. The van der Waals surface area contributed by atoms with E-state index in [-0.39, 0.29) is 0 Å². The van der Waals surface area contributed by atoms with Crippen LogP contribution in [0.25, 0.3) is 0 Å². The van der Waals surface area contributed by atoms with Crippen LogP contribution >= 0.6 is 0 Å². The molecule has 1 heteroatoms.